The van der Waals surface area contributed by atoms with Crippen LogP contribution in [0.1, 0.15) is 6.92 Å². The van der Waals surface area contributed by atoms with E-state index in [2.05, 4.69) is 11.9 Å². The highest BCUT2D eigenvalue weighted by Crippen LogP contribution is 2.15. The highest BCUT2D eigenvalue weighted by molar-refractivity contribution is 5.88. The van der Waals surface area contributed by atoms with Crippen molar-refractivity contribution in [3.8, 4) is 5.75 Å². The van der Waals surface area contributed by atoms with Crippen LogP contribution < -0.4 is 10.1 Å². The first kappa shape index (κ1) is 13.3. The Balaban J connectivity index is 2.30. The van der Waals surface area contributed by atoms with Gasteiger partial charge < -0.3 is 14.8 Å². The fourth-order valence-electron chi connectivity index (χ4n) is 1.22. The molecular formula is C13H17NO3. The smallest absolute Gasteiger partial charge is 0.221 e. The Bertz CT molecular complexity index is 359. The lowest BCUT2D eigenvalue weighted by Crippen LogP contribution is -2.07. The quantitative estimate of drug-likeness (QED) is 0.582. The zero-order valence-electron chi connectivity index (χ0n) is 9.94. The van der Waals surface area contributed by atoms with E-state index in [1.54, 1.807) is 30.3 Å². The second kappa shape index (κ2) is 7.46. The molecule has 0 aromatic heterocycles. The fourth-order valence-corrected chi connectivity index (χ4v) is 1.22. The molecule has 1 aromatic carbocycles. The molecule has 0 aliphatic rings. The van der Waals surface area contributed by atoms with Crippen LogP contribution in [0.4, 0.5) is 5.69 Å². The number of hydrogen-bond acceptors (Lipinski definition) is 3. The normalized spacial score (nSPS) is 9.71. The van der Waals surface area contributed by atoms with E-state index >= 15 is 0 Å². The third-order valence-electron chi connectivity index (χ3n) is 1.91. The van der Waals surface area contributed by atoms with Crippen LogP contribution in [0.5, 0.6) is 5.75 Å². The summed E-state index contributed by atoms with van der Waals surface area (Å²) in [7, 11) is 0. The topological polar surface area (TPSA) is 47.6 Å². The Morgan fingerprint density at radius 3 is 2.65 bits per heavy atom. The Morgan fingerprint density at radius 2 is 2.06 bits per heavy atom. The van der Waals surface area contributed by atoms with E-state index in [0.717, 1.165) is 11.4 Å². The summed E-state index contributed by atoms with van der Waals surface area (Å²) in [5, 5.41) is 2.69. The average molecular weight is 235 g/mol. The number of anilines is 1. The van der Waals surface area contributed by atoms with Crippen LogP contribution in [0.25, 0.3) is 0 Å². The predicted molar refractivity (Wildman–Crippen MR) is 67.3 cm³/mol. The van der Waals surface area contributed by atoms with Crippen molar-refractivity contribution in [3.63, 3.8) is 0 Å². The summed E-state index contributed by atoms with van der Waals surface area (Å²) in [6.07, 6.45) is 1.70. The average Bonchev–Trinajstić information content (AvgIpc) is 2.30. The standard InChI is InChI=1S/C13H17NO3/c1-3-8-16-9-10-17-13-6-4-12(5-7-13)14-11(2)15/h3-7H,1,8-10H2,2H3,(H,14,15). The second-order valence-corrected chi connectivity index (χ2v) is 3.42. The first-order valence-corrected chi connectivity index (χ1v) is 5.41. The van der Waals surface area contributed by atoms with E-state index in [1.165, 1.54) is 6.92 Å². The van der Waals surface area contributed by atoms with Gasteiger partial charge in [0.2, 0.25) is 5.91 Å². The summed E-state index contributed by atoms with van der Waals surface area (Å²) in [6, 6.07) is 7.19. The lowest BCUT2D eigenvalue weighted by Gasteiger charge is -2.07. The SMILES string of the molecule is C=CCOCCOc1ccc(NC(C)=O)cc1. The number of amides is 1. The van der Waals surface area contributed by atoms with Gasteiger partial charge >= 0.3 is 0 Å². The van der Waals surface area contributed by atoms with Crippen LogP contribution >= 0.6 is 0 Å². The van der Waals surface area contributed by atoms with Crippen LogP contribution in [-0.4, -0.2) is 25.7 Å². The van der Waals surface area contributed by atoms with Crippen LogP contribution in [-0.2, 0) is 9.53 Å². The second-order valence-electron chi connectivity index (χ2n) is 3.42. The van der Waals surface area contributed by atoms with Gasteiger partial charge in [-0.1, -0.05) is 6.08 Å². The minimum atomic E-state index is -0.0866. The van der Waals surface area contributed by atoms with Gasteiger partial charge in [-0.05, 0) is 24.3 Å². The number of carbonyl (C=O) groups is 1. The molecule has 0 aliphatic heterocycles. The summed E-state index contributed by atoms with van der Waals surface area (Å²) >= 11 is 0. The number of carbonyl (C=O) groups excluding carboxylic acids is 1. The zero-order chi connectivity index (χ0) is 12.5. The van der Waals surface area contributed by atoms with Crippen molar-refractivity contribution in [2.45, 2.75) is 6.92 Å². The molecule has 0 aliphatic carbocycles. The number of nitrogens with one attached hydrogen (secondary N) is 1. The van der Waals surface area contributed by atoms with Gasteiger partial charge in [-0.3, -0.25) is 4.79 Å². The number of ether oxygens (including phenoxy) is 2. The zero-order valence-corrected chi connectivity index (χ0v) is 9.94. The molecule has 0 fully saturated rings. The van der Waals surface area contributed by atoms with Crippen molar-refractivity contribution in [3.05, 3.63) is 36.9 Å². The van der Waals surface area contributed by atoms with E-state index in [0.29, 0.717) is 19.8 Å². The van der Waals surface area contributed by atoms with Crippen LogP contribution in [0, 0.1) is 0 Å². The summed E-state index contributed by atoms with van der Waals surface area (Å²) in [4.78, 5) is 10.8. The minimum Gasteiger partial charge on any atom is -0.491 e. The van der Waals surface area contributed by atoms with Crippen molar-refractivity contribution in [1.82, 2.24) is 0 Å². The Labute approximate surface area is 101 Å². The van der Waals surface area contributed by atoms with Gasteiger partial charge in [-0.25, -0.2) is 0 Å². The van der Waals surface area contributed by atoms with E-state index < -0.39 is 0 Å². The van der Waals surface area contributed by atoms with E-state index in [1.807, 2.05) is 0 Å². The maximum atomic E-state index is 10.8. The highest BCUT2D eigenvalue weighted by atomic mass is 16.5. The van der Waals surface area contributed by atoms with Crippen molar-refractivity contribution < 1.29 is 14.3 Å². The molecule has 0 saturated carbocycles. The molecule has 1 amide bonds. The predicted octanol–water partition coefficient (Wildman–Crippen LogP) is 2.23. The Kier molecular flexibility index (Phi) is 5.82. The van der Waals surface area contributed by atoms with Gasteiger partial charge in [-0.15, -0.1) is 6.58 Å². The van der Waals surface area contributed by atoms with Crippen molar-refractivity contribution >= 4 is 11.6 Å². The molecule has 0 unspecified atom stereocenters. The highest BCUT2D eigenvalue weighted by Gasteiger charge is 1.97. The van der Waals surface area contributed by atoms with Gasteiger partial charge in [0.15, 0.2) is 0 Å². The lowest BCUT2D eigenvalue weighted by molar-refractivity contribution is -0.114. The molecule has 0 saturated heterocycles. The van der Waals surface area contributed by atoms with E-state index in [-0.39, 0.29) is 5.91 Å². The molecule has 0 bridgehead atoms. The molecule has 1 rings (SSSR count). The van der Waals surface area contributed by atoms with Crippen molar-refractivity contribution in [2.75, 3.05) is 25.1 Å². The first-order chi connectivity index (χ1) is 8.22. The fraction of sp³-hybridized carbons (Fsp3) is 0.308. The lowest BCUT2D eigenvalue weighted by atomic mass is 10.3. The van der Waals surface area contributed by atoms with Gasteiger partial charge in [0.1, 0.15) is 12.4 Å². The molecule has 1 aromatic rings. The maximum absolute atomic E-state index is 10.8. The first-order valence-electron chi connectivity index (χ1n) is 5.41. The molecular weight excluding hydrogens is 218 g/mol. The third kappa shape index (κ3) is 5.73. The molecule has 4 nitrogen and oxygen atoms in total. The molecule has 0 atom stereocenters. The van der Waals surface area contributed by atoms with Gasteiger partial charge in [-0.2, -0.15) is 0 Å². The van der Waals surface area contributed by atoms with E-state index in [4.69, 9.17) is 9.47 Å². The summed E-state index contributed by atoms with van der Waals surface area (Å²) < 4.78 is 10.6. The number of benzene rings is 1. The van der Waals surface area contributed by atoms with Crippen molar-refractivity contribution in [2.24, 2.45) is 0 Å². The largest absolute Gasteiger partial charge is 0.491 e. The Hall–Kier alpha value is -1.81. The summed E-state index contributed by atoms with van der Waals surface area (Å²) in [5.74, 6) is 0.665. The number of hydrogen-bond donors (Lipinski definition) is 1. The molecule has 17 heavy (non-hydrogen) atoms. The summed E-state index contributed by atoms with van der Waals surface area (Å²) in [5.41, 5.74) is 0.757. The molecule has 0 radical (unpaired) electrons. The van der Waals surface area contributed by atoms with Crippen LogP contribution in [0.3, 0.4) is 0 Å². The van der Waals surface area contributed by atoms with Gasteiger partial charge in [0, 0.05) is 12.6 Å². The molecule has 0 spiro atoms. The maximum Gasteiger partial charge on any atom is 0.221 e. The monoisotopic (exact) mass is 235 g/mol. The number of rotatable bonds is 7. The van der Waals surface area contributed by atoms with Crippen LogP contribution in [0.2, 0.25) is 0 Å². The molecule has 92 valence electrons. The molecule has 1 N–H and O–H groups in total. The minimum absolute atomic E-state index is 0.0866. The summed E-state index contributed by atoms with van der Waals surface area (Å²) in [6.45, 7) is 6.58. The van der Waals surface area contributed by atoms with E-state index in [9.17, 15) is 4.79 Å². The Morgan fingerprint density at radius 1 is 1.35 bits per heavy atom. The van der Waals surface area contributed by atoms with Crippen LogP contribution in [0.15, 0.2) is 36.9 Å². The molecule has 4 heteroatoms. The third-order valence-corrected chi connectivity index (χ3v) is 1.91. The van der Waals surface area contributed by atoms with Gasteiger partial charge in [0.05, 0.1) is 13.2 Å². The molecule has 0 heterocycles. The van der Waals surface area contributed by atoms with Gasteiger partial charge in [0.25, 0.3) is 0 Å². The van der Waals surface area contributed by atoms with Crippen molar-refractivity contribution in [1.29, 1.82) is 0 Å².